The third-order valence-corrected chi connectivity index (χ3v) is 3.52. The van der Waals surface area contributed by atoms with Crippen LogP contribution in [0.25, 0.3) is 5.70 Å². The zero-order valence-electron chi connectivity index (χ0n) is 11.6. The molecule has 102 valence electrons. The van der Waals surface area contributed by atoms with Crippen LogP contribution < -0.4 is 5.73 Å². The highest BCUT2D eigenvalue weighted by Gasteiger charge is 2.17. The van der Waals surface area contributed by atoms with Crippen LogP contribution in [0.2, 0.25) is 0 Å². The lowest BCUT2D eigenvalue weighted by atomic mass is 9.95. The Balaban J connectivity index is 2.00. The molecule has 2 aromatic rings. The first-order valence-corrected chi connectivity index (χ1v) is 6.85. The van der Waals surface area contributed by atoms with Crippen LogP contribution in [-0.4, -0.2) is 5.71 Å². The molecule has 3 N–H and O–H groups in total. The highest BCUT2D eigenvalue weighted by Crippen LogP contribution is 2.27. The van der Waals surface area contributed by atoms with Gasteiger partial charge >= 0.3 is 0 Å². The highest BCUT2D eigenvalue weighted by molar-refractivity contribution is 6.15. The number of nitrogens with one attached hydrogen (secondary N) is 1. The lowest BCUT2D eigenvalue weighted by Crippen LogP contribution is -2.08. The fourth-order valence-corrected chi connectivity index (χ4v) is 2.41. The number of nitrogens with two attached hydrogens (primary N) is 1. The van der Waals surface area contributed by atoms with Gasteiger partial charge in [-0.3, -0.25) is 5.41 Å². The first kappa shape index (κ1) is 13.1. The Hall–Kier alpha value is -2.87. The van der Waals surface area contributed by atoms with Crippen molar-refractivity contribution in [2.45, 2.75) is 0 Å². The minimum Gasteiger partial charge on any atom is -0.398 e. The first-order chi connectivity index (χ1) is 10.3. The summed E-state index contributed by atoms with van der Waals surface area (Å²) in [6.45, 7) is 0. The molecule has 0 atom stereocenters. The van der Waals surface area contributed by atoms with E-state index < -0.39 is 0 Å². The molecule has 0 saturated heterocycles. The van der Waals surface area contributed by atoms with Crippen molar-refractivity contribution in [1.29, 1.82) is 5.41 Å². The second kappa shape index (κ2) is 5.63. The molecular weight excluding hydrogens is 256 g/mol. The summed E-state index contributed by atoms with van der Waals surface area (Å²) in [4.78, 5) is 0. The topological polar surface area (TPSA) is 49.9 Å². The van der Waals surface area contributed by atoms with Gasteiger partial charge in [-0.2, -0.15) is 0 Å². The quantitative estimate of drug-likeness (QED) is 0.817. The zero-order chi connectivity index (χ0) is 14.7. The number of hydrogen-bond donors (Lipinski definition) is 2. The maximum atomic E-state index is 8.42. The predicted octanol–water partition coefficient (Wildman–Crippen LogP) is 3.92. The lowest BCUT2D eigenvalue weighted by molar-refractivity contribution is 1.42. The van der Waals surface area contributed by atoms with Crippen LogP contribution in [0.4, 0.5) is 0 Å². The van der Waals surface area contributed by atoms with Gasteiger partial charge < -0.3 is 5.73 Å². The molecule has 0 aromatic heterocycles. The van der Waals surface area contributed by atoms with Gasteiger partial charge in [0.1, 0.15) is 0 Å². The third kappa shape index (κ3) is 2.56. The van der Waals surface area contributed by atoms with Crippen LogP contribution in [0, 0.1) is 5.41 Å². The van der Waals surface area contributed by atoms with Crippen molar-refractivity contribution in [2.24, 2.45) is 5.73 Å². The van der Waals surface area contributed by atoms with Gasteiger partial charge in [-0.1, -0.05) is 78.9 Å². The molecule has 0 radical (unpaired) electrons. The minimum absolute atomic E-state index is 0.495. The zero-order valence-corrected chi connectivity index (χ0v) is 11.6. The molecule has 2 heteroatoms. The second-order valence-corrected chi connectivity index (χ2v) is 4.87. The molecule has 0 saturated carbocycles. The van der Waals surface area contributed by atoms with E-state index in [1.807, 2.05) is 78.9 Å². The predicted molar refractivity (Wildman–Crippen MR) is 88.0 cm³/mol. The van der Waals surface area contributed by atoms with Gasteiger partial charge in [0.2, 0.25) is 0 Å². The molecule has 0 spiro atoms. The van der Waals surface area contributed by atoms with Gasteiger partial charge in [0.25, 0.3) is 0 Å². The van der Waals surface area contributed by atoms with E-state index >= 15 is 0 Å². The molecule has 0 heterocycles. The summed E-state index contributed by atoms with van der Waals surface area (Å²) in [6.07, 6.45) is 5.85. The third-order valence-electron chi connectivity index (χ3n) is 3.52. The Labute approximate surface area is 124 Å². The van der Waals surface area contributed by atoms with Gasteiger partial charge in [-0.15, -0.1) is 0 Å². The number of allylic oxidation sites excluding steroid dienone is 5. The summed E-state index contributed by atoms with van der Waals surface area (Å²) in [5, 5.41) is 8.42. The summed E-state index contributed by atoms with van der Waals surface area (Å²) in [6, 6.07) is 19.6. The van der Waals surface area contributed by atoms with Crippen LogP contribution in [0.5, 0.6) is 0 Å². The first-order valence-electron chi connectivity index (χ1n) is 6.85. The summed E-state index contributed by atoms with van der Waals surface area (Å²) in [7, 11) is 0. The van der Waals surface area contributed by atoms with E-state index in [9.17, 15) is 0 Å². The molecule has 1 aliphatic rings. The molecule has 21 heavy (non-hydrogen) atoms. The van der Waals surface area contributed by atoms with Crippen LogP contribution in [-0.2, 0) is 0 Å². The summed E-state index contributed by atoms with van der Waals surface area (Å²) < 4.78 is 0. The van der Waals surface area contributed by atoms with E-state index in [0.29, 0.717) is 11.4 Å². The number of hydrogen-bond acceptors (Lipinski definition) is 2. The van der Waals surface area contributed by atoms with E-state index in [4.69, 9.17) is 11.1 Å². The highest BCUT2D eigenvalue weighted by atomic mass is 14.6. The fraction of sp³-hybridized carbons (Fsp3) is 0. The van der Waals surface area contributed by atoms with Gasteiger partial charge in [0.05, 0.1) is 5.71 Å². The molecule has 0 bridgehead atoms. The molecule has 0 amide bonds. The Morgan fingerprint density at radius 3 is 2.00 bits per heavy atom. The Bertz CT molecular complexity index is 751. The molecule has 3 rings (SSSR count). The molecule has 1 aliphatic carbocycles. The summed E-state index contributed by atoms with van der Waals surface area (Å²) in [5.41, 5.74) is 11.1. The van der Waals surface area contributed by atoms with Gasteiger partial charge in [-0.05, 0) is 5.56 Å². The van der Waals surface area contributed by atoms with Gasteiger partial charge in [0.15, 0.2) is 0 Å². The van der Waals surface area contributed by atoms with Gasteiger partial charge in [-0.25, -0.2) is 0 Å². The Morgan fingerprint density at radius 2 is 1.38 bits per heavy atom. The minimum atomic E-state index is 0.495. The average molecular weight is 272 g/mol. The van der Waals surface area contributed by atoms with E-state index in [1.165, 1.54) is 0 Å². The van der Waals surface area contributed by atoms with E-state index in [-0.39, 0.29) is 0 Å². The van der Waals surface area contributed by atoms with Crippen LogP contribution in [0.1, 0.15) is 11.1 Å². The summed E-state index contributed by atoms with van der Waals surface area (Å²) >= 11 is 0. The molecule has 0 unspecified atom stereocenters. The Kier molecular flexibility index (Phi) is 3.52. The summed E-state index contributed by atoms with van der Waals surface area (Å²) in [5.74, 6) is 0. The molecular formula is C19H16N2. The van der Waals surface area contributed by atoms with E-state index in [1.54, 1.807) is 0 Å². The van der Waals surface area contributed by atoms with Crippen molar-refractivity contribution in [1.82, 2.24) is 0 Å². The van der Waals surface area contributed by atoms with Crippen molar-refractivity contribution < 1.29 is 0 Å². The maximum Gasteiger partial charge on any atom is 0.0691 e. The molecule has 0 fully saturated rings. The number of benzene rings is 2. The van der Waals surface area contributed by atoms with Crippen molar-refractivity contribution in [3.63, 3.8) is 0 Å². The van der Waals surface area contributed by atoms with E-state index in [2.05, 4.69) is 0 Å². The van der Waals surface area contributed by atoms with Crippen LogP contribution in [0.3, 0.4) is 0 Å². The van der Waals surface area contributed by atoms with E-state index in [0.717, 1.165) is 22.3 Å². The number of rotatable bonds is 3. The molecule has 2 aromatic carbocycles. The second-order valence-electron chi connectivity index (χ2n) is 4.87. The maximum absolute atomic E-state index is 8.42. The van der Waals surface area contributed by atoms with Crippen molar-refractivity contribution in [3.8, 4) is 0 Å². The molecule has 0 aliphatic heterocycles. The SMILES string of the molecule is N=C(C1=CC=C/C1=C(/N)c1ccccc1)c1ccccc1. The standard InChI is InChI=1S/C19H16N2/c20-18(14-8-3-1-4-9-14)16-12-7-13-17(16)19(21)15-10-5-2-6-11-15/h1-13,20H,21H2/b19-17-,20-18?. The Morgan fingerprint density at radius 1 is 0.810 bits per heavy atom. The average Bonchev–Trinajstić information content (AvgIpc) is 3.04. The normalized spacial score (nSPS) is 15.7. The fourth-order valence-electron chi connectivity index (χ4n) is 2.41. The lowest BCUT2D eigenvalue weighted by Gasteiger charge is -2.11. The van der Waals surface area contributed by atoms with Crippen molar-refractivity contribution >= 4 is 11.4 Å². The monoisotopic (exact) mass is 272 g/mol. The van der Waals surface area contributed by atoms with Crippen LogP contribution >= 0.6 is 0 Å². The smallest absolute Gasteiger partial charge is 0.0691 e. The largest absolute Gasteiger partial charge is 0.398 e. The van der Waals surface area contributed by atoms with Gasteiger partial charge in [0, 0.05) is 22.4 Å². The van der Waals surface area contributed by atoms with Crippen molar-refractivity contribution in [3.05, 3.63) is 101 Å². The van der Waals surface area contributed by atoms with Crippen LogP contribution in [0.15, 0.2) is 90.0 Å². The van der Waals surface area contributed by atoms with Crippen molar-refractivity contribution in [2.75, 3.05) is 0 Å². The molecule has 2 nitrogen and oxygen atoms in total.